The van der Waals surface area contributed by atoms with Gasteiger partial charge in [0.1, 0.15) is 5.82 Å². The van der Waals surface area contributed by atoms with Crippen molar-refractivity contribution < 1.29 is 4.79 Å². The molecule has 2 fully saturated rings. The zero-order valence-corrected chi connectivity index (χ0v) is 18.9. The highest BCUT2D eigenvalue weighted by atomic mass is 16.2. The Balaban J connectivity index is 1.13. The van der Waals surface area contributed by atoms with Gasteiger partial charge in [0.05, 0.1) is 5.69 Å². The number of nitrogens with one attached hydrogen (secondary N) is 2. The Morgan fingerprint density at radius 3 is 2.56 bits per heavy atom. The van der Waals surface area contributed by atoms with Crippen LogP contribution in [0.25, 0.3) is 16.9 Å². The van der Waals surface area contributed by atoms with Crippen LogP contribution in [0.5, 0.6) is 0 Å². The van der Waals surface area contributed by atoms with E-state index in [1.165, 1.54) is 12.8 Å². The van der Waals surface area contributed by atoms with Crippen molar-refractivity contribution in [2.45, 2.75) is 32.2 Å². The van der Waals surface area contributed by atoms with Gasteiger partial charge in [0.2, 0.25) is 11.9 Å². The second-order valence-corrected chi connectivity index (χ2v) is 9.03. The number of anilines is 3. The number of aromatic nitrogens is 4. The number of pyridine rings is 2. The van der Waals surface area contributed by atoms with Crippen molar-refractivity contribution >= 4 is 29.0 Å². The Bertz CT molecular complexity index is 1300. The van der Waals surface area contributed by atoms with Crippen LogP contribution in [0, 0.1) is 5.92 Å². The Morgan fingerprint density at radius 2 is 1.82 bits per heavy atom. The fraction of sp³-hybridized carbons (Fsp3) is 0.308. The van der Waals surface area contributed by atoms with E-state index < -0.39 is 0 Å². The molecule has 0 spiro atoms. The predicted octanol–water partition coefficient (Wildman–Crippen LogP) is 4.35. The van der Waals surface area contributed by atoms with Gasteiger partial charge in [0.25, 0.3) is 0 Å². The van der Waals surface area contributed by atoms with E-state index in [1.54, 1.807) is 4.52 Å². The van der Waals surface area contributed by atoms with Crippen LogP contribution in [0.1, 0.15) is 31.2 Å². The van der Waals surface area contributed by atoms with Crippen LogP contribution in [-0.2, 0) is 11.3 Å². The summed E-state index contributed by atoms with van der Waals surface area (Å²) in [4.78, 5) is 23.5. The lowest BCUT2D eigenvalue weighted by Crippen LogP contribution is -2.18. The molecule has 2 aliphatic rings. The summed E-state index contributed by atoms with van der Waals surface area (Å²) in [6, 6.07) is 18.4. The fourth-order valence-electron chi connectivity index (χ4n) is 4.35. The molecule has 0 radical (unpaired) electrons. The molecule has 8 heteroatoms. The molecule has 0 unspecified atom stereocenters. The highest BCUT2D eigenvalue weighted by Crippen LogP contribution is 2.30. The maximum absolute atomic E-state index is 12.1. The number of nitrogens with zero attached hydrogens (tertiary/aromatic N) is 5. The average Bonchev–Trinajstić information content (AvgIpc) is 3.42. The molecule has 1 aliphatic carbocycles. The summed E-state index contributed by atoms with van der Waals surface area (Å²) in [6.45, 7) is 2.93. The molecule has 3 aromatic heterocycles. The highest BCUT2D eigenvalue weighted by molar-refractivity contribution is 5.92. The van der Waals surface area contributed by atoms with E-state index in [0.717, 1.165) is 60.8 Å². The SMILES string of the molecule is O=C(Nc1nc2cccc(-c3ccc(NCc4ccc(N5CCCC5)nc4)cc3)n2n1)C1CC1. The van der Waals surface area contributed by atoms with Gasteiger partial charge in [0, 0.05) is 43.0 Å². The molecule has 4 heterocycles. The molecule has 1 aromatic carbocycles. The van der Waals surface area contributed by atoms with Crippen LogP contribution in [0.3, 0.4) is 0 Å². The quantitative estimate of drug-likeness (QED) is 0.433. The molecular weight excluding hydrogens is 426 g/mol. The maximum Gasteiger partial charge on any atom is 0.249 e. The number of benzene rings is 1. The number of amides is 1. The zero-order chi connectivity index (χ0) is 22.9. The third kappa shape index (κ3) is 4.31. The van der Waals surface area contributed by atoms with Crippen molar-refractivity contribution in [3.63, 3.8) is 0 Å². The van der Waals surface area contributed by atoms with Crippen molar-refractivity contribution in [2.24, 2.45) is 5.92 Å². The minimum atomic E-state index is 0.00812. The molecule has 6 rings (SSSR count). The molecule has 8 nitrogen and oxygen atoms in total. The van der Waals surface area contributed by atoms with Gasteiger partial charge >= 0.3 is 0 Å². The number of hydrogen-bond donors (Lipinski definition) is 2. The van der Waals surface area contributed by atoms with E-state index >= 15 is 0 Å². The molecular formula is C26H27N7O. The van der Waals surface area contributed by atoms with E-state index in [-0.39, 0.29) is 11.8 Å². The summed E-state index contributed by atoms with van der Waals surface area (Å²) in [5.74, 6) is 1.55. The summed E-state index contributed by atoms with van der Waals surface area (Å²) in [7, 11) is 0. The van der Waals surface area contributed by atoms with E-state index in [9.17, 15) is 4.79 Å². The van der Waals surface area contributed by atoms with E-state index in [4.69, 9.17) is 0 Å². The molecule has 2 N–H and O–H groups in total. The number of rotatable bonds is 7. The molecule has 1 saturated carbocycles. The number of carbonyl (C=O) groups is 1. The average molecular weight is 454 g/mol. The third-order valence-corrected chi connectivity index (χ3v) is 6.46. The van der Waals surface area contributed by atoms with Crippen molar-refractivity contribution in [1.29, 1.82) is 0 Å². The van der Waals surface area contributed by atoms with Crippen molar-refractivity contribution in [3.8, 4) is 11.3 Å². The third-order valence-electron chi connectivity index (χ3n) is 6.46. The molecule has 4 aromatic rings. The summed E-state index contributed by atoms with van der Waals surface area (Å²) in [6.07, 6.45) is 6.37. The molecule has 172 valence electrons. The van der Waals surface area contributed by atoms with Crippen LogP contribution in [-0.4, -0.2) is 38.6 Å². The minimum absolute atomic E-state index is 0.00812. The van der Waals surface area contributed by atoms with Gasteiger partial charge in [-0.05, 0) is 61.6 Å². The Morgan fingerprint density at radius 1 is 1.00 bits per heavy atom. The monoisotopic (exact) mass is 453 g/mol. The molecule has 34 heavy (non-hydrogen) atoms. The second kappa shape index (κ2) is 8.78. The first kappa shape index (κ1) is 20.7. The zero-order valence-electron chi connectivity index (χ0n) is 18.9. The van der Waals surface area contributed by atoms with Crippen LogP contribution in [0.15, 0.2) is 60.8 Å². The first-order valence-electron chi connectivity index (χ1n) is 11.9. The largest absolute Gasteiger partial charge is 0.381 e. The lowest BCUT2D eigenvalue weighted by Gasteiger charge is -2.16. The lowest BCUT2D eigenvalue weighted by molar-refractivity contribution is -0.117. The van der Waals surface area contributed by atoms with Gasteiger partial charge in [-0.2, -0.15) is 4.98 Å². The Labute approximate surface area is 198 Å². The van der Waals surface area contributed by atoms with Crippen molar-refractivity contribution in [1.82, 2.24) is 19.6 Å². The lowest BCUT2D eigenvalue weighted by atomic mass is 10.1. The molecule has 1 aliphatic heterocycles. The van der Waals surface area contributed by atoms with E-state index in [1.807, 2.05) is 24.4 Å². The smallest absolute Gasteiger partial charge is 0.249 e. The molecule has 1 saturated heterocycles. The van der Waals surface area contributed by atoms with Gasteiger partial charge in [-0.25, -0.2) is 9.50 Å². The molecule has 0 bridgehead atoms. The van der Waals surface area contributed by atoms with Gasteiger partial charge < -0.3 is 10.2 Å². The van der Waals surface area contributed by atoms with Crippen LogP contribution in [0.2, 0.25) is 0 Å². The first-order chi connectivity index (χ1) is 16.7. The van der Waals surface area contributed by atoms with Crippen LogP contribution < -0.4 is 15.5 Å². The standard InChI is InChI=1S/C26H27N7O/c34-25(20-7-8-20)30-26-29-24-5-3-4-22(33(24)31-26)19-9-11-21(12-10-19)27-16-18-6-13-23(28-17-18)32-14-1-2-15-32/h3-6,9-13,17,20,27H,1-2,7-8,14-16H2,(H,30,31,34). The minimum Gasteiger partial charge on any atom is -0.381 e. The number of fused-ring (bicyclic) bond motifs is 1. The normalized spacial score (nSPS) is 15.6. The number of hydrogen-bond acceptors (Lipinski definition) is 6. The molecule has 1 amide bonds. The van der Waals surface area contributed by atoms with E-state index in [0.29, 0.717) is 11.6 Å². The maximum atomic E-state index is 12.1. The summed E-state index contributed by atoms with van der Waals surface area (Å²) >= 11 is 0. The van der Waals surface area contributed by atoms with Gasteiger partial charge in [-0.3, -0.25) is 10.1 Å². The van der Waals surface area contributed by atoms with E-state index in [2.05, 4.69) is 67.0 Å². The van der Waals surface area contributed by atoms with Crippen molar-refractivity contribution in [2.75, 3.05) is 28.6 Å². The summed E-state index contributed by atoms with van der Waals surface area (Å²) < 4.78 is 1.78. The summed E-state index contributed by atoms with van der Waals surface area (Å²) in [5, 5.41) is 10.8. The molecule has 0 atom stereocenters. The second-order valence-electron chi connectivity index (χ2n) is 9.03. The number of carbonyl (C=O) groups excluding carboxylic acids is 1. The van der Waals surface area contributed by atoms with Crippen LogP contribution >= 0.6 is 0 Å². The highest BCUT2D eigenvalue weighted by Gasteiger charge is 2.30. The Kier molecular flexibility index (Phi) is 5.33. The van der Waals surface area contributed by atoms with Gasteiger partial charge in [-0.1, -0.05) is 24.3 Å². The predicted molar refractivity (Wildman–Crippen MR) is 133 cm³/mol. The van der Waals surface area contributed by atoms with Crippen molar-refractivity contribution in [3.05, 3.63) is 66.4 Å². The summed E-state index contributed by atoms with van der Waals surface area (Å²) in [5.41, 5.74) is 4.84. The van der Waals surface area contributed by atoms with Gasteiger partial charge in [0.15, 0.2) is 5.65 Å². The van der Waals surface area contributed by atoms with Gasteiger partial charge in [-0.15, -0.1) is 5.10 Å². The Hall–Kier alpha value is -3.94. The topological polar surface area (TPSA) is 87.5 Å². The van der Waals surface area contributed by atoms with Crippen LogP contribution in [0.4, 0.5) is 17.5 Å². The fourth-order valence-corrected chi connectivity index (χ4v) is 4.35. The first-order valence-corrected chi connectivity index (χ1v) is 11.9.